The van der Waals surface area contributed by atoms with E-state index < -0.39 is 15.9 Å². The maximum absolute atomic E-state index is 12.9. The van der Waals surface area contributed by atoms with Crippen LogP contribution in [0.15, 0.2) is 95.9 Å². The molecule has 9 nitrogen and oxygen atoms in total. The van der Waals surface area contributed by atoms with E-state index in [2.05, 4.69) is 5.32 Å². The molecular formula is C26H22N4O5S. The van der Waals surface area contributed by atoms with E-state index in [1.54, 1.807) is 66.7 Å². The van der Waals surface area contributed by atoms with Gasteiger partial charge in [-0.1, -0.05) is 42.5 Å². The summed E-state index contributed by atoms with van der Waals surface area (Å²) in [7, 11) is -3.93. The van der Waals surface area contributed by atoms with Crippen molar-refractivity contribution in [2.24, 2.45) is 10.9 Å². The van der Waals surface area contributed by atoms with E-state index in [-0.39, 0.29) is 27.9 Å². The number of sulfonamides is 1. The van der Waals surface area contributed by atoms with Gasteiger partial charge in [0.2, 0.25) is 10.0 Å². The Labute approximate surface area is 207 Å². The lowest BCUT2D eigenvalue weighted by Crippen LogP contribution is -2.14. The molecule has 0 saturated heterocycles. The number of nitrogen functional groups attached to an aromatic ring is 1. The first-order valence-electron chi connectivity index (χ1n) is 10.6. The number of amides is 1. The Hall–Kier alpha value is -4.67. The van der Waals surface area contributed by atoms with Crippen molar-refractivity contribution in [3.63, 3.8) is 0 Å². The number of carbonyl (C=O) groups is 1. The zero-order chi connectivity index (χ0) is 25.9. The zero-order valence-electron chi connectivity index (χ0n) is 18.8. The molecule has 0 aliphatic heterocycles. The third-order valence-corrected chi connectivity index (χ3v) is 6.20. The summed E-state index contributed by atoms with van der Waals surface area (Å²) >= 11 is 0. The van der Waals surface area contributed by atoms with Crippen molar-refractivity contribution in [2.45, 2.75) is 4.90 Å². The van der Waals surface area contributed by atoms with Gasteiger partial charge in [-0.05, 0) is 48.0 Å². The second kappa shape index (κ2) is 9.90. The van der Waals surface area contributed by atoms with Crippen LogP contribution in [-0.4, -0.2) is 25.3 Å². The fourth-order valence-corrected chi connectivity index (χ4v) is 4.27. The van der Waals surface area contributed by atoms with Gasteiger partial charge in [-0.2, -0.15) is 0 Å². The number of aromatic hydroxyl groups is 1. The topological polar surface area (TPSA) is 169 Å². The van der Waals surface area contributed by atoms with E-state index in [4.69, 9.17) is 21.0 Å². The number of benzene rings is 4. The van der Waals surface area contributed by atoms with Crippen molar-refractivity contribution >= 4 is 27.5 Å². The van der Waals surface area contributed by atoms with Crippen molar-refractivity contribution in [2.75, 3.05) is 5.32 Å². The summed E-state index contributed by atoms with van der Waals surface area (Å²) in [5.74, 6) is -0.0172. The lowest BCUT2D eigenvalue weighted by Gasteiger charge is -2.14. The van der Waals surface area contributed by atoms with Crippen LogP contribution in [0.3, 0.4) is 0 Å². The minimum Gasteiger partial charge on any atom is -0.508 e. The number of ether oxygens (including phenoxy) is 1. The largest absolute Gasteiger partial charge is 0.508 e. The van der Waals surface area contributed by atoms with Gasteiger partial charge in [0, 0.05) is 22.8 Å². The van der Waals surface area contributed by atoms with Crippen LogP contribution in [0.4, 0.5) is 5.69 Å². The second-order valence-corrected chi connectivity index (χ2v) is 9.33. The Kier molecular flexibility index (Phi) is 6.73. The fraction of sp³-hybridized carbons (Fsp3) is 0. The first kappa shape index (κ1) is 24.5. The highest BCUT2D eigenvalue weighted by atomic mass is 32.2. The molecule has 7 N–H and O–H groups in total. The average molecular weight is 503 g/mol. The summed E-state index contributed by atoms with van der Waals surface area (Å²) in [6.07, 6.45) is 0. The first-order chi connectivity index (χ1) is 17.1. The van der Waals surface area contributed by atoms with Gasteiger partial charge >= 0.3 is 0 Å². The van der Waals surface area contributed by atoms with Gasteiger partial charge in [0.1, 0.15) is 17.3 Å². The number of phenolic OH excluding ortho intramolecular Hbond substituents is 1. The van der Waals surface area contributed by atoms with Crippen molar-refractivity contribution in [3.8, 4) is 28.4 Å². The molecule has 182 valence electrons. The smallest absolute Gasteiger partial charge is 0.255 e. The Morgan fingerprint density at radius 3 is 2.31 bits per heavy atom. The molecule has 0 bridgehead atoms. The molecule has 4 aromatic carbocycles. The normalized spacial score (nSPS) is 11.0. The number of carbonyl (C=O) groups excluding carboxylic acids is 1. The summed E-state index contributed by atoms with van der Waals surface area (Å²) in [6, 6.07) is 23.5. The lowest BCUT2D eigenvalue weighted by atomic mass is 10.0. The molecule has 0 heterocycles. The van der Waals surface area contributed by atoms with Gasteiger partial charge in [-0.15, -0.1) is 0 Å². The maximum Gasteiger partial charge on any atom is 0.255 e. The van der Waals surface area contributed by atoms with Crippen molar-refractivity contribution < 1.29 is 23.1 Å². The quantitative estimate of drug-likeness (QED) is 0.189. The summed E-state index contributed by atoms with van der Waals surface area (Å²) in [6.45, 7) is 0. The molecule has 36 heavy (non-hydrogen) atoms. The molecule has 0 fully saturated rings. The van der Waals surface area contributed by atoms with Gasteiger partial charge < -0.3 is 20.9 Å². The Morgan fingerprint density at radius 2 is 1.61 bits per heavy atom. The third kappa shape index (κ3) is 5.52. The van der Waals surface area contributed by atoms with Crippen LogP contribution in [0.5, 0.6) is 17.2 Å². The Bertz CT molecular complexity index is 1570. The lowest BCUT2D eigenvalue weighted by molar-refractivity contribution is 0.102. The van der Waals surface area contributed by atoms with Crippen LogP contribution in [0.1, 0.15) is 15.9 Å². The number of nitrogens with one attached hydrogen (secondary N) is 2. The van der Waals surface area contributed by atoms with Crippen molar-refractivity contribution in [3.05, 3.63) is 102 Å². The first-order valence-corrected chi connectivity index (χ1v) is 12.2. The number of hydrogen-bond donors (Lipinski definition) is 5. The molecule has 0 aliphatic rings. The molecule has 10 heteroatoms. The van der Waals surface area contributed by atoms with Crippen LogP contribution in [0, 0.1) is 5.41 Å². The standard InChI is InChI=1S/C26H22N4O5S/c27-25(28)18-4-3-5-20(14-18)35-23-13-12-19(31)15-22(23)30-26(32)17-10-8-16(9-11-17)21-6-1-2-7-24(21)36(29,33)34/h1-15,31H,(H3,27,28)(H,30,32)(H2,29,33,34). The van der Waals surface area contributed by atoms with Gasteiger partial charge in [0.15, 0.2) is 5.75 Å². The van der Waals surface area contributed by atoms with Gasteiger partial charge in [0.25, 0.3) is 5.91 Å². The van der Waals surface area contributed by atoms with Crippen molar-refractivity contribution in [1.29, 1.82) is 5.41 Å². The molecule has 4 aromatic rings. The molecule has 0 saturated carbocycles. The van der Waals surface area contributed by atoms with Crippen LogP contribution < -0.4 is 20.9 Å². The van der Waals surface area contributed by atoms with Crippen LogP contribution in [0.2, 0.25) is 0 Å². The predicted octanol–water partition coefficient (Wildman–Crippen LogP) is 4.04. The minimum absolute atomic E-state index is 0.0161. The van der Waals surface area contributed by atoms with Gasteiger partial charge in [0.05, 0.1) is 10.6 Å². The molecular weight excluding hydrogens is 480 g/mol. The molecule has 0 aliphatic carbocycles. The Balaban J connectivity index is 1.58. The average Bonchev–Trinajstić information content (AvgIpc) is 2.85. The van der Waals surface area contributed by atoms with E-state index in [9.17, 15) is 18.3 Å². The fourth-order valence-electron chi connectivity index (χ4n) is 3.51. The SMILES string of the molecule is N=C(N)c1cccc(Oc2ccc(O)cc2NC(=O)c2ccc(-c3ccccc3S(N)(=O)=O)cc2)c1. The molecule has 0 aromatic heterocycles. The number of amidine groups is 1. The van der Waals surface area contributed by atoms with Crippen LogP contribution in [-0.2, 0) is 10.0 Å². The van der Waals surface area contributed by atoms with Gasteiger partial charge in [-0.25, -0.2) is 13.6 Å². The summed E-state index contributed by atoms with van der Waals surface area (Å²) < 4.78 is 29.7. The number of anilines is 1. The van der Waals surface area contributed by atoms with Crippen molar-refractivity contribution in [1.82, 2.24) is 0 Å². The van der Waals surface area contributed by atoms with E-state index in [1.807, 2.05) is 0 Å². The Morgan fingerprint density at radius 1 is 0.889 bits per heavy atom. The second-order valence-electron chi connectivity index (χ2n) is 7.80. The maximum atomic E-state index is 12.9. The van der Waals surface area contributed by atoms with E-state index >= 15 is 0 Å². The van der Waals surface area contributed by atoms with E-state index in [1.165, 1.54) is 24.3 Å². The number of nitrogens with two attached hydrogens (primary N) is 2. The number of hydrogen-bond acceptors (Lipinski definition) is 6. The van der Waals surface area contributed by atoms with Crippen LogP contribution >= 0.6 is 0 Å². The minimum atomic E-state index is -3.93. The summed E-state index contributed by atoms with van der Waals surface area (Å²) in [5.41, 5.74) is 7.51. The molecule has 4 rings (SSSR count). The van der Waals surface area contributed by atoms with Crippen LogP contribution in [0.25, 0.3) is 11.1 Å². The molecule has 0 atom stereocenters. The highest BCUT2D eigenvalue weighted by Gasteiger charge is 2.16. The monoisotopic (exact) mass is 502 g/mol. The number of rotatable bonds is 7. The summed E-state index contributed by atoms with van der Waals surface area (Å²) in [5, 5.41) is 25.6. The third-order valence-electron chi connectivity index (χ3n) is 5.24. The number of phenols is 1. The zero-order valence-corrected chi connectivity index (χ0v) is 19.6. The molecule has 0 unspecified atom stereocenters. The molecule has 0 radical (unpaired) electrons. The molecule has 0 spiro atoms. The van der Waals surface area contributed by atoms with Gasteiger partial charge in [-0.3, -0.25) is 10.2 Å². The van der Waals surface area contributed by atoms with E-state index in [0.29, 0.717) is 28.0 Å². The molecule has 1 amide bonds. The summed E-state index contributed by atoms with van der Waals surface area (Å²) in [4.78, 5) is 12.9. The van der Waals surface area contributed by atoms with E-state index in [0.717, 1.165) is 0 Å². The highest BCUT2D eigenvalue weighted by Crippen LogP contribution is 2.33. The predicted molar refractivity (Wildman–Crippen MR) is 137 cm³/mol. The highest BCUT2D eigenvalue weighted by molar-refractivity contribution is 7.89. The number of primary sulfonamides is 1.